The number of nitrogens with zero attached hydrogens (tertiary/aromatic N) is 3. The molecule has 2 fully saturated rings. The molecule has 2 unspecified atom stereocenters. The largest absolute Gasteiger partial charge is 0.374 e. The number of aryl methyl sites for hydroxylation is 1. The predicted molar refractivity (Wildman–Crippen MR) is 78.3 cm³/mol. The number of fused-ring (bicyclic) bond motifs is 1. The van der Waals surface area contributed by atoms with Gasteiger partial charge in [0.1, 0.15) is 0 Å². The van der Waals surface area contributed by atoms with Gasteiger partial charge in [-0.3, -0.25) is 9.48 Å². The molecule has 20 heavy (non-hydrogen) atoms. The van der Waals surface area contributed by atoms with E-state index >= 15 is 0 Å². The third kappa shape index (κ3) is 3.06. The molecule has 1 amide bonds. The second-order valence-electron chi connectivity index (χ2n) is 5.52. The van der Waals surface area contributed by atoms with Crippen molar-refractivity contribution in [3.8, 4) is 0 Å². The summed E-state index contributed by atoms with van der Waals surface area (Å²) in [6.45, 7) is 2.06. The molecule has 0 bridgehead atoms. The zero-order valence-electron chi connectivity index (χ0n) is 11.5. The zero-order chi connectivity index (χ0) is 13.9. The fourth-order valence-electron chi connectivity index (χ4n) is 3.22. The highest BCUT2D eigenvalue weighted by molar-refractivity contribution is 9.10. The van der Waals surface area contributed by atoms with Crippen LogP contribution < -0.4 is 0 Å². The SMILES string of the molecule is O=C(CCn1cc(Br)cn1)N1CCOC2CCCCC21. The maximum absolute atomic E-state index is 12.5. The molecular weight excluding hydrogens is 322 g/mol. The van der Waals surface area contributed by atoms with Gasteiger partial charge >= 0.3 is 0 Å². The van der Waals surface area contributed by atoms with E-state index in [-0.39, 0.29) is 12.0 Å². The van der Waals surface area contributed by atoms with Crippen molar-refractivity contribution in [1.29, 1.82) is 0 Å². The van der Waals surface area contributed by atoms with E-state index in [4.69, 9.17) is 4.74 Å². The van der Waals surface area contributed by atoms with E-state index in [1.807, 2.05) is 11.1 Å². The molecule has 1 aromatic heterocycles. The molecule has 1 saturated heterocycles. The summed E-state index contributed by atoms with van der Waals surface area (Å²) in [6, 6.07) is 0.300. The molecule has 0 aromatic carbocycles. The van der Waals surface area contributed by atoms with Gasteiger partial charge in [-0.1, -0.05) is 12.8 Å². The van der Waals surface area contributed by atoms with Crippen LogP contribution in [-0.4, -0.2) is 45.9 Å². The van der Waals surface area contributed by atoms with Gasteiger partial charge < -0.3 is 9.64 Å². The molecule has 0 N–H and O–H groups in total. The first kappa shape index (κ1) is 14.1. The normalized spacial score (nSPS) is 26.4. The lowest BCUT2D eigenvalue weighted by molar-refractivity contribution is -0.149. The summed E-state index contributed by atoms with van der Waals surface area (Å²) in [7, 11) is 0. The summed E-state index contributed by atoms with van der Waals surface area (Å²) in [4.78, 5) is 14.5. The molecule has 5 nitrogen and oxygen atoms in total. The number of ether oxygens (including phenoxy) is 1. The van der Waals surface area contributed by atoms with E-state index in [1.54, 1.807) is 10.9 Å². The minimum absolute atomic E-state index is 0.233. The van der Waals surface area contributed by atoms with E-state index in [0.717, 1.165) is 23.9 Å². The van der Waals surface area contributed by atoms with Crippen molar-refractivity contribution in [1.82, 2.24) is 14.7 Å². The van der Waals surface area contributed by atoms with Crippen LogP contribution in [0.1, 0.15) is 32.1 Å². The lowest BCUT2D eigenvalue weighted by Crippen LogP contribution is -2.54. The Bertz CT molecular complexity index is 475. The van der Waals surface area contributed by atoms with Crippen LogP contribution in [0.3, 0.4) is 0 Å². The molecular formula is C14H20BrN3O2. The maximum Gasteiger partial charge on any atom is 0.224 e. The van der Waals surface area contributed by atoms with Crippen LogP contribution in [0.5, 0.6) is 0 Å². The number of amides is 1. The summed E-state index contributed by atoms with van der Waals surface area (Å²) in [6.07, 6.45) is 9.04. The van der Waals surface area contributed by atoms with Gasteiger partial charge in [0.25, 0.3) is 0 Å². The van der Waals surface area contributed by atoms with Crippen molar-refractivity contribution >= 4 is 21.8 Å². The fraction of sp³-hybridized carbons (Fsp3) is 0.714. The zero-order valence-corrected chi connectivity index (χ0v) is 13.1. The van der Waals surface area contributed by atoms with Crippen LogP contribution in [0.2, 0.25) is 0 Å². The summed E-state index contributed by atoms with van der Waals surface area (Å²) >= 11 is 3.37. The first-order valence-electron chi connectivity index (χ1n) is 7.33. The van der Waals surface area contributed by atoms with Crippen molar-refractivity contribution in [2.75, 3.05) is 13.2 Å². The Morgan fingerprint density at radius 2 is 2.30 bits per heavy atom. The Hall–Kier alpha value is -0.880. The monoisotopic (exact) mass is 341 g/mol. The molecule has 0 spiro atoms. The Morgan fingerprint density at radius 1 is 1.45 bits per heavy atom. The molecule has 2 atom stereocenters. The molecule has 1 saturated carbocycles. The van der Waals surface area contributed by atoms with Gasteiger partial charge in [-0.25, -0.2) is 0 Å². The fourth-order valence-corrected chi connectivity index (χ4v) is 3.55. The van der Waals surface area contributed by atoms with E-state index in [0.29, 0.717) is 25.6 Å². The Balaban J connectivity index is 1.58. The average Bonchev–Trinajstić information content (AvgIpc) is 2.90. The highest BCUT2D eigenvalue weighted by atomic mass is 79.9. The number of halogens is 1. The number of carbonyl (C=O) groups is 1. The number of hydrogen-bond donors (Lipinski definition) is 0. The van der Waals surface area contributed by atoms with Crippen LogP contribution in [0, 0.1) is 0 Å². The molecule has 3 rings (SSSR count). The minimum atomic E-state index is 0.233. The van der Waals surface area contributed by atoms with Crippen molar-refractivity contribution < 1.29 is 9.53 Å². The predicted octanol–water partition coefficient (Wildman–Crippen LogP) is 2.21. The minimum Gasteiger partial charge on any atom is -0.374 e. The standard InChI is InChI=1S/C14H20BrN3O2/c15-11-9-16-17(10-11)6-5-14(19)18-7-8-20-13-4-2-1-3-12(13)18/h9-10,12-13H,1-8H2. The van der Waals surface area contributed by atoms with Gasteiger partial charge in [0.2, 0.25) is 5.91 Å². The number of rotatable bonds is 3. The van der Waals surface area contributed by atoms with E-state index < -0.39 is 0 Å². The summed E-state index contributed by atoms with van der Waals surface area (Å²) in [5.74, 6) is 0.233. The highest BCUT2D eigenvalue weighted by Crippen LogP contribution is 2.28. The second kappa shape index (κ2) is 6.26. The molecule has 1 aliphatic carbocycles. The molecule has 2 aliphatic rings. The number of hydrogen-bond acceptors (Lipinski definition) is 3. The first-order valence-corrected chi connectivity index (χ1v) is 8.12. The van der Waals surface area contributed by atoms with Crippen molar-refractivity contribution in [3.63, 3.8) is 0 Å². The van der Waals surface area contributed by atoms with Crippen LogP contribution in [0.15, 0.2) is 16.9 Å². The van der Waals surface area contributed by atoms with Crippen molar-refractivity contribution in [3.05, 3.63) is 16.9 Å². The van der Waals surface area contributed by atoms with Crippen LogP contribution in [0.25, 0.3) is 0 Å². The van der Waals surface area contributed by atoms with Crippen LogP contribution in [-0.2, 0) is 16.1 Å². The molecule has 1 aliphatic heterocycles. The molecule has 110 valence electrons. The number of aromatic nitrogens is 2. The summed E-state index contributed by atoms with van der Waals surface area (Å²) in [5, 5.41) is 4.19. The van der Waals surface area contributed by atoms with Gasteiger partial charge in [-0.05, 0) is 28.8 Å². The van der Waals surface area contributed by atoms with Gasteiger partial charge in [0.15, 0.2) is 0 Å². The van der Waals surface area contributed by atoms with Crippen LogP contribution >= 0.6 is 15.9 Å². The molecule has 1 aromatic rings. The lowest BCUT2D eigenvalue weighted by atomic mass is 9.90. The average molecular weight is 342 g/mol. The Labute approximate surface area is 127 Å². The third-order valence-corrected chi connectivity index (χ3v) is 4.62. The number of carbonyl (C=O) groups excluding carboxylic acids is 1. The van der Waals surface area contributed by atoms with Crippen molar-refractivity contribution in [2.45, 2.75) is 50.8 Å². The number of morpholine rings is 1. The van der Waals surface area contributed by atoms with Gasteiger partial charge in [0, 0.05) is 25.7 Å². The highest BCUT2D eigenvalue weighted by Gasteiger charge is 2.36. The van der Waals surface area contributed by atoms with Gasteiger partial charge in [-0.15, -0.1) is 0 Å². The first-order chi connectivity index (χ1) is 9.74. The quantitative estimate of drug-likeness (QED) is 0.846. The second-order valence-corrected chi connectivity index (χ2v) is 6.44. The molecule has 6 heteroatoms. The molecule has 2 heterocycles. The van der Waals surface area contributed by atoms with E-state index in [1.165, 1.54) is 12.8 Å². The third-order valence-electron chi connectivity index (χ3n) is 4.21. The van der Waals surface area contributed by atoms with Gasteiger partial charge in [-0.2, -0.15) is 5.10 Å². The summed E-state index contributed by atoms with van der Waals surface area (Å²) < 4.78 is 8.56. The Morgan fingerprint density at radius 3 is 3.10 bits per heavy atom. The van der Waals surface area contributed by atoms with E-state index in [2.05, 4.69) is 21.0 Å². The molecule has 0 radical (unpaired) electrons. The van der Waals surface area contributed by atoms with Crippen molar-refractivity contribution in [2.24, 2.45) is 0 Å². The van der Waals surface area contributed by atoms with E-state index in [9.17, 15) is 4.79 Å². The van der Waals surface area contributed by atoms with Gasteiger partial charge in [0.05, 0.1) is 29.4 Å². The smallest absolute Gasteiger partial charge is 0.224 e. The summed E-state index contributed by atoms with van der Waals surface area (Å²) in [5.41, 5.74) is 0. The van der Waals surface area contributed by atoms with Crippen LogP contribution in [0.4, 0.5) is 0 Å². The Kier molecular flexibility index (Phi) is 4.41. The topological polar surface area (TPSA) is 47.4 Å². The lowest BCUT2D eigenvalue weighted by Gasteiger charge is -2.43. The maximum atomic E-state index is 12.5.